The zero-order valence-electron chi connectivity index (χ0n) is 14.0. The van der Waals surface area contributed by atoms with Crippen LogP contribution >= 0.6 is 11.8 Å². The van der Waals surface area contributed by atoms with E-state index in [1.165, 1.54) is 11.8 Å². The molecule has 134 valence electrons. The van der Waals surface area contributed by atoms with Gasteiger partial charge in [-0.05, 0) is 37.1 Å². The number of hydrogen-bond acceptors (Lipinski definition) is 7. The number of nitrogens with one attached hydrogen (secondary N) is 1. The van der Waals surface area contributed by atoms with Crippen LogP contribution in [0.5, 0.6) is 0 Å². The molecule has 0 saturated carbocycles. The van der Waals surface area contributed by atoms with E-state index in [-0.39, 0.29) is 12.0 Å². The van der Waals surface area contributed by atoms with Crippen molar-refractivity contribution in [3.05, 3.63) is 36.7 Å². The lowest BCUT2D eigenvalue weighted by Crippen LogP contribution is -2.32. The zero-order chi connectivity index (χ0) is 17.8. The van der Waals surface area contributed by atoms with E-state index in [4.69, 9.17) is 4.74 Å². The van der Waals surface area contributed by atoms with E-state index in [9.17, 15) is 4.79 Å². The van der Waals surface area contributed by atoms with Crippen LogP contribution in [0.15, 0.2) is 41.7 Å². The molecule has 9 heteroatoms. The van der Waals surface area contributed by atoms with E-state index in [0.29, 0.717) is 23.8 Å². The number of ether oxygens (including phenoxy) is 1. The second-order valence-electron chi connectivity index (χ2n) is 5.93. The lowest BCUT2D eigenvalue weighted by atomic mass is 10.2. The molecule has 0 bridgehead atoms. The van der Waals surface area contributed by atoms with Gasteiger partial charge in [0.1, 0.15) is 5.03 Å². The second kappa shape index (κ2) is 7.79. The molecule has 4 rings (SSSR count). The number of carbonyl (C=O) groups is 1. The second-order valence-corrected chi connectivity index (χ2v) is 6.92. The summed E-state index contributed by atoms with van der Waals surface area (Å²) in [4.78, 5) is 16.0. The summed E-state index contributed by atoms with van der Waals surface area (Å²) in [7, 11) is 0. The summed E-state index contributed by atoms with van der Waals surface area (Å²) < 4.78 is 7.19. The lowest BCUT2D eigenvalue weighted by molar-refractivity contribution is -0.119. The van der Waals surface area contributed by atoms with Crippen molar-refractivity contribution in [2.45, 2.75) is 24.0 Å². The van der Waals surface area contributed by atoms with E-state index in [1.807, 2.05) is 24.3 Å². The van der Waals surface area contributed by atoms with E-state index in [0.717, 1.165) is 30.0 Å². The van der Waals surface area contributed by atoms with Crippen molar-refractivity contribution in [2.24, 2.45) is 0 Å². The molecule has 1 saturated heterocycles. The SMILES string of the molecule is O=C(CSc1ccc2nnc(-c3ccncc3)n2n1)NC[C@H]1CCCO1. The predicted octanol–water partition coefficient (Wildman–Crippen LogP) is 1.57. The third-order valence-electron chi connectivity index (χ3n) is 4.08. The van der Waals surface area contributed by atoms with Crippen molar-refractivity contribution in [3.8, 4) is 11.4 Å². The Kier molecular flexibility index (Phi) is 5.07. The summed E-state index contributed by atoms with van der Waals surface area (Å²) >= 11 is 1.38. The molecule has 26 heavy (non-hydrogen) atoms. The molecule has 0 spiro atoms. The number of hydrogen-bond donors (Lipinski definition) is 1. The fourth-order valence-corrected chi connectivity index (χ4v) is 3.44. The minimum absolute atomic E-state index is 0.0227. The molecule has 0 aromatic carbocycles. The zero-order valence-corrected chi connectivity index (χ0v) is 14.9. The number of carbonyl (C=O) groups excluding carboxylic acids is 1. The van der Waals surface area contributed by atoms with Crippen LogP contribution < -0.4 is 5.32 Å². The lowest BCUT2D eigenvalue weighted by Gasteiger charge is -2.10. The molecule has 1 amide bonds. The Morgan fingerprint density at radius 3 is 2.96 bits per heavy atom. The van der Waals surface area contributed by atoms with Crippen LogP contribution in [0.3, 0.4) is 0 Å². The molecule has 8 nitrogen and oxygen atoms in total. The van der Waals surface area contributed by atoms with E-state index in [2.05, 4.69) is 25.6 Å². The summed E-state index contributed by atoms with van der Waals surface area (Å²) in [5.41, 5.74) is 1.54. The molecule has 1 fully saturated rings. The topological polar surface area (TPSA) is 94.3 Å². The average Bonchev–Trinajstić information content (AvgIpc) is 3.34. The van der Waals surface area contributed by atoms with Crippen molar-refractivity contribution < 1.29 is 9.53 Å². The highest BCUT2D eigenvalue weighted by Crippen LogP contribution is 2.20. The number of rotatable bonds is 6. The fraction of sp³-hybridized carbons (Fsp3) is 0.353. The highest BCUT2D eigenvalue weighted by Gasteiger charge is 2.16. The van der Waals surface area contributed by atoms with E-state index >= 15 is 0 Å². The number of pyridine rings is 1. The maximum absolute atomic E-state index is 12.0. The molecule has 1 atom stereocenters. The van der Waals surface area contributed by atoms with Crippen LogP contribution in [0.1, 0.15) is 12.8 Å². The van der Waals surface area contributed by atoms with Crippen molar-refractivity contribution in [2.75, 3.05) is 18.9 Å². The third-order valence-corrected chi connectivity index (χ3v) is 5.00. The molecule has 1 N–H and O–H groups in total. The number of fused-ring (bicyclic) bond motifs is 1. The van der Waals surface area contributed by atoms with Gasteiger partial charge in [-0.1, -0.05) is 11.8 Å². The number of aromatic nitrogens is 5. The van der Waals surface area contributed by atoms with Crippen LogP contribution in [-0.4, -0.2) is 55.7 Å². The van der Waals surface area contributed by atoms with Gasteiger partial charge in [0, 0.05) is 31.1 Å². The van der Waals surface area contributed by atoms with Crippen molar-refractivity contribution in [1.29, 1.82) is 0 Å². The minimum atomic E-state index is -0.0227. The van der Waals surface area contributed by atoms with Gasteiger partial charge in [0.25, 0.3) is 0 Å². The normalized spacial score (nSPS) is 16.8. The number of thioether (sulfide) groups is 1. The highest BCUT2D eigenvalue weighted by molar-refractivity contribution is 7.99. The van der Waals surface area contributed by atoms with Gasteiger partial charge >= 0.3 is 0 Å². The molecule has 3 aromatic rings. The molecule has 0 radical (unpaired) electrons. The monoisotopic (exact) mass is 370 g/mol. The third kappa shape index (κ3) is 3.83. The van der Waals surface area contributed by atoms with Crippen LogP contribution in [-0.2, 0) is 9.53 Å². The Morgan fingerprint density at radius 1 is 1.27 bits per heavy atom. The van der Waals surface area contributed by atoms with Crippen molar-refractivity contribution in [3.63, 3.8) is 0 Å². The van der Waals surface area contributed by atoms with Crippen molar-refractivity contribution >= 4 is 23.3 Å². The van der Waals surface area contributed by atoms with E-state index in [1.54, 1.807) is 16.9 Å². The first-order valence-corrected chi connectivity index (χ1v) is 9.42. The number of amides is 1. The fourth-order valence-electron chi connectivity index (χ4n) is 2.75. The molecular weight excluding hydrogens is 352 g/mol. The summed E-state index contributed by atoms with van der Waals surface area (Å²) in [5, 5.41) is 16.5. The molecular formula is C17H18N6O2S. The Morgan fingerprint density at radius 2 is 2.15 bits per heavy atom. The smallest absolute Gasteiger partial charge is 0.230 e. The summed E-state index contributed by atoms with van der Waals surface area (Å²) in [5.74, 6) is 0.927. The quantitative estimate of drug-likeness (QED) is 0.658. The van der Waals surface area contributed by atoms with Gasteiger partial charge in [-0.25, -0.2) is 0 Å². The first kappa shape index (κ1) is 16.9. The summed E-state index contributed by atoms with van der Waals surface area (Å²) in [6.07, 6.45) is 5.63. The van der Waals surface area contributed by atoms with Gasteiger partial charge in [0.15, 0.2) is 11.5 Å². The Hall–Kier alpha value is -2.52. The number of nitrogens with zero attached hydrogens (tertiary/aromatic N) is 5. The molecule has 0 unspecified atom stereocenters. The Balaban J connectivity index is 1.41. The first-order valence-electron chi connectivity index (χ1n) is 8.43. The summed E-state index contributed by atoms with van der Waals surface area (Å²) in [6.45, 7) is 1.36. The van der Waals surface area contributed by atoms with Crippen LogP contribution in [0.2, 0.25) is 0 Å². The largest absolute Gasteiger partial charge is 0.376 e. The molecule has 4 heterocycles. The average molecular weight is 370 g/mol. The van der Waals surface area contributed by atoms with Gasteiger partial charge in [0.2, 0.25) is 5.91 Å². The standard InChI is InChI=1S/C17H18N6O2S/c24-15(19-10-13-2-1-9-25-13)11-26-16-4-3-14-20-21-17(23(14)22-16)12-5-7-18-8-6-12/h3-8,13H,1-2,9-11H2,(H,19,24)/t13-/m1/s1. The molecule has 1 aliphatic heterocycles. The Bertz CT molecular complexity index is 895. The van der Waals surface area contributed by atoms with Crippen molar-refractivity contribution in [1.82, 2.24) is 30.1 Å². The maximum atomic E-state index is 12.0. The first-order chi connectivity index (χ1) is 12.8. The molecule has 0 aliphatic carbocycles. The minimum Gasteiger partial charge on any atom is -0.376 e. The van der Waals surface area contributed by atoms with Crippen LogP contribution in [0, 0.1) is 0 Å². The maximum Gasteiger partial charge on any atom is 0.230 e. The van der Waals surface area contributed by atoms with Crippen LogP contribution in [0.25, 0.3) is 17.0 Å². The van der Waals surface area contributed by atoms with Gasteiger partial charge in [-0.15, -0.1) is 10.2 Å². The van der Waals surface area contributed by atoms with Gasteiger partial charge in [-0.2, -0.15) is 9.61 Å². The van der Waals surface area contributed by atoms with Gasteiger partial charge < -0.3 is 10.1 Å². The predicted molar refractivity (Wildman–Crippen MR) is 96.7 cm³/mol. The van der Waals surface area contributed by atoms with Gasteiger partial charge in [-0.3, -0.25) is 9.78 Å². The summed E-state index contributed by atoms with van der Waals surface area (Å²) in [6, 6.07) is 7.41. The molecule has 3 aromatic heterocycles. The van der Waals surface area contributed by atoms with Gasteiger partial charge in [0.05, 0.1) is 11.9 Å². The molecule has 1 aliphatic rings. The Labute approximate surface area is 154 Å². The highest BCUT2D eigenvalue weighted by atomic mass is 32.2. The van der Waals surface area contributed by atoms with Crippen LogP contribution in [0.4, 0.5) is 0 Å². The van der Waals surface area contributed by atoms with E-state index < -0.39 is 0 Å².